The molecular weight excluding hydrogens is 243 g/mol. The van der Waals surface area contributed by atoms with E-state index in [0.717, 1.165) is 48.8 Å². The van der Waals surface area contributed by atoms with Crippen LogP contribution >= 0.6 is 0 Å². The van der Waals surface area contributed by atoms with Gasteiger partial charge in [-0.15, -0.1) is 0 Å². The van der Waals surface area contributed by atoms with Gasteiger partial charge in [0.2, 0.25) is 5.91 Å². The Labute approximate surface area is 111 Å². The first-order valence-corrected chi connectivity index (χ1v) is 6.77. The number of nitrogens with zero attached hydrogens (tertiary/aromatic N) is 1. The molecule has 0 spiro atoms. The minimum Gasteiger partial charge on any atom is -0.361 e. The highest BCUT2D eigenvalue weighted by Gasteiger charge is 2.17. The molecule has 1 amide bonds. The molecule has 1 aliphatic rings. The molecule has 0 bridgehead atoms. The number of nitrogens with one attached hydrogen (secondary N) is 1. The zero-order chi connectivity index (χ0) is 13.2. The average Bonchev–Trinajstić information content (AvgIpc) is 2.80. The van der Waals surface area contributed by atoms with E-state index in [1.165, 1.54) is 12.1 Å². The average molecular weight is 260 g/mol. The van der Waals surface area contributed by atoms with Crippen LogP contribution in [0.5, 0.6) is 0 Å². The first-order valence-electron chi connectivity index (χ1n) is 6.77. The van der Waals surface area contributed by atoms with Crippen LogP contribution in [0.2, 0.25) is 0 Å². The SMILES string of the molecule is O=C1CCCCN1CCc1c[nH]c2cc(F)ccc12. The third kappa shape index (κ3) is 2.48. The molecule has 1 aliphatic heterocycles. The van der Waals surface area contributed by atoms with E-state index in [1.807, 2.05) is 11.1 Å². The lowest BCUT2D eigenvalue weighted by Crippen LogP contribution is -2.36. The quantitative estimate of drug-likeness (QED) is 0.905. The number of halogens is 1. The number of carbonyl (C=O) groups excluding carboxylic acids is 1. The number of rotatable bonds is 3. The van der Waals surface area contributed by atoms with Crippen LogP contribution in [0.4, 0.5) is 4.39 Å². The molecule has 1 aromatic heterocycles. The summed E-state index contributed by atoms with van der Waals surface area (Å²) in [7, 11) is 0. The number of carbonyl (C=O) groups is 1. The van der Waals surface area contributed by atoms with E-state index >= 15 is 0 Å². The smallest absolute Gasteiger partial charge is 0.222 e. The van der Waals surface area contributed by atoms with Gasteiger partial charge >= 0.3 is 0 Å². The number of likely N-dealkylation sites (tertiary alicyclic amines) is 1. The lowest BCUT2D eigenvalue weighted by molar-refractivity contribution is -0.133. The summed E-state index contributed by atoms with van der Waals surface area (Å²) in [6.45, 7) is 1.62. The van der Waals surface area contributed by atoms with E-state index in [4.69, 9.17) is 0 Å². The highest BCUT2D eigenvalue weighted by Crippen LogP contribution is 2.20. The van der Waals surface area contributed by atoms with Crippen LogP contribution in [0.3, 0.4) is 0 Å². The van der Waals surface area contributed by atoms with E-state index in [-0.39, 0.29) is 11.7 Å². The van der Waals surface area contributed by atoms with Crippen LogP contribution in [0.15, 0.2) is 24.4 Å². The van der Waals surface area contributed by atoms with Gasteiger partial charge in [0, 0.05) is 36.6 Å². The Balaban J connectivity index is 1.73. The van der Waals surface area contributed by atoms with Gasteiger partial charge in [0.1, 0.15) is 5.82 Å². The van der Waals surface area contributed by atoms with Crippen molar-refractivity contribution in [2.24, 2.45) is 0 Å². The molecular formula is C15H17FN2O. The molecule has 4 heteroatoms. The fourth-order valence-corrected chi connectivity index (χ4v) is 2.72. The van der Waals surface area contributed by atoms with Crippen molar-refractivity contribution in [1.82, 2.24) is 9.88 Å². The van der Waals surface area contributed by atoms with Crippen molar-refractivity contribution in [3.05, 3.63) is 35.8 Å². The predicted octanol–water partition coefficient (Wildman–Crippen LogP) is 2.86. The van der Waals surface area contributed by atoms with Crippen LogP contribution in [-0.4, -0.2) is 28.9 Å². The largest absolute Gasteiger partial charge is 0.361 e. The molecule has 1 saturated heterocycles. The molecule has 0 saturated carbocycles. The topological polar surface area (TPSA) is 36.1 Å². The molecule has 100 valence electrons. The molecule has 0 aliphatic carbocycles. The number of aromatic nitrogens is 1. The van der Waals surface area contributed by atoms with Crippen LogP contribution in [0, 0.1) is 5.82 Å². The fraction of sp³-hybridized carbons (Fsp3) is 0.400. The Morgan fingerprint density at radius 1 is 1.32 bits per heavy atom. The maximum Gasteiger partial charge on any atom is 0.222 e. The Morgan fingerprint density at radius 3 is 3.05 bits per heavy atom. The van der Waals surface area contributed by atoms with Crippen molar-refractivity contribution >= 4 is 16.8 Å². The molecule has 0 radical (unpaired) electrons. The monoisotopic (exact) mass is 260 g/mol. The molecule has 1 fully saturated rings. The van der Waals surface area contributed by atoms with Crippen molar-refractivity contribution in [2.75, 3.05) is 13.1 Å². The second-order valence-corrected chi connectivity index (χ2v) is 5.09. The van der Waals surface area contributed by atoms with Gasteiger partial charge in [-0.25, -0.2) is 4.39 Å². The molecule has 3 nitrogen and oxygen atoms in total. The summed E-state index contributed by atoms with van der Waals surface area (Å²) in [5, 5.41) is 1.05. The highest BCUT2D eigenvalue weighted by atomic mass is 19.1. The number of aromatic amines is 1. The number of amides is 1. The highest BCUT2D eigenvalue weighted by molar-refractivity contribution is 5.83. The third-order valence-electron chi connectivity index (χ3n) is 3.80. The standard InChI is InChI=1S/C15H17FN2O/c16-12-4-5-13-11(10-17-14(13)9-12)6-8-18-7-2-1-3-15(18)19/h4-5,9-10,17H,1-3,6-8H2. The molecule has 19 heavy (non-hydrogen) atoms. The second kappa shape index (κ2) is 5.03. The van der Waals surface area contributed by atoms with Crippen molar-refractivity contribution in [2.45, 2.75) is 25.7 Å². The van der Waals surface area contributed by atoms with Gasteiger partial charge in [-0.2, -0.15) is 0 Å². The van der Waals surface area contributed by atoms with Crippen molar-refractivity contribution in [3.63, 3.8) is 0 Å². The summed E-state index contributed by atoms with van der Waals surface area (Å²) in [5.41, 5.74) is 1.97. The number of hydrogen-bond acceptors (Lipinski definition) is 1. The Kier molecular flexibility index (Phi) is 3.23. The molecule has 0 unspecified atom stereocenters. The van der Waals surface area contributed by atoms with E-state index < -0.39 is 0 Å². The van der Waals surface area contributed by atoms with Gasteiger partial charge in [0.05, 0.1) is 0 Å². The van der Waals surface area contributed by atoms with Gasteiger partial charge in [-0.05, 0) is 43.0 Å². The molecule has 2 aromatic rings. The van der Waals surface area contributed by atoms with Crippen LogP contribution in [0.25, 0.3) is 10.9 Å². The number of hydrogen-bond donors (Lipinski definition) is 1. The summed E-state index contributed by atoms with van der Waals surface area (Å²) < 4.78 is 13.1. The molecule has 2 heterocycles. The number of benzene rings is 1. The van der Waals surface area contributed by atoms with Gasteiger partial charge in [0.15, 0.2) is 0 Å². The van der Waals surface area contributed by atoms with Gasteiger partial charge < -0.3 is 9.88 Å². The van der Waals surface area contributed by atoms with Crippen LogP contribution < -0.4 is 0 Å². The Hall–Kier alpha value is -1.84. The maximum absolute atomic E-state index is 13.1. The summed E-state index contributed by atoms with van der Waals surface area (Å²) in [6, 6.07) is 4.78. The minimum absolute atomic E-state index is 0.230. The minimum atomic E-state index is -0.230. The van der Waals surface area contributed by atoms with Gasteiger partial charge in [-0.3, -0.25) is 4.79 Å². The maximum atomic E-state index is 13.1. The van der Waals surface area contributed by atoms with E-state index in [0.29, 0.717) is 6.42 Å². The lowest BCUT2D eigenvalue weighted by atomic mass is 10.1. The Morgan fingerprint density at radius 2 is 2.21 bits per heavy atom. The van der Waals surface area contributed by atoms with Gasteiger partial charge in [0.25, 0.3) is 0 Å². The lowest BCUT2D eigenvalue weighted by Gasteiger charge is -2.26. The summed E-state index contributed by atoms with van der Waals surface area (Å²) in [5.74, 6) is 0.0317. The number of fused-ring (bicyclic) bond motifs is 1. The molecule has 1 aromatic carbocycles. The zero-order valence-electron chi connectivity index (χ0n) is 10.8. The first-order chi connectivity index (χ1) is 9.24. The predicted molar refractivity (Wildman–Crippen MR) is 72.4 cm³/mol. The van der Waals surface area contributed by atoms with Crippen molar-refractivity contribution in [3.8, 4) is 0 Å². The third-order valence-corrected chi connectivity index (χ3v) is 3.80. The first kappa shape index (κ1) is 12.2. The van der Waals surface area contributed by atoms with Crippen LogP contribution in [-0.2, 0) is 11.2 Å². The van der Waals surface area contributed by atoms with Crippen molar-refractivity contribution < 1.29 is 9.18 Å². The fourth-order valence-electron chi connectivity index (χ4n) is 2.72. The van der Waals surface area contributed by atoms with Gasteiger partial charge in [-0.1, -0.05) is 0 Å². The number of piperidine rings is 1. The summed E-state index contributed by atoms with van der Waals surface area (Å²) in [4.78, 5) is 16.8. The normalized spacial score (nSPS) is 16.3. The second-order valence-electron chi connectivity index (χ2n) is 5.09. The van der Waals surface area contributed by atoms with Crippen LogP contribution in [0.1, 0.15) is 24.8 Å². The van der Waals surface area contributed by atoms with Crippen molar-refractivity contribution in [1.29, 1.82) is 0 Å². The molecule has 1 N–H and O–H groups in total. The molecule has 3 rings (SSSR count). The zero-order valence-corrected chi connectivity index (χ0v) is 10.8. The van der Waals surface area contributed by atoms with E-state index in [9.17, 15) is 9.18 Å². The molecule has 0 atom stereocenters. The Bertz CT molecular complexity index is 605. The van der Waals surface area contributed by atoms with E-state index in [1.54, 1.807) is 6.07 Å². The summed E-state index contributed by atoms with van der Waals surface area (Å²) >= 11 is 0. The number of H-pyrrole nitrogens is 1. The van der Waals surface area contributed by atoms with E-state index in [2.05, 4.69) is 4.98 Å². The summed E-state index contributed by atoms with van der Waals surface area (Å²) in [6.07, 6.45) is 5.53.